The highest BCUT2D eigenvalue weighted by atomic mass is 32.2. The first kappa shape index (κ1) is 22.9. The highest BCUT2D eigenvalue weighted by Gasteiger charge is 2.22. The molecule has 4 rings (SSSR count). The van der Waals surface area contributed by atoms with Crippen LogP contribution in [0.2, 0.25) is 0 Å². The van der Waals surface area contributed by atoms with Gasteiger partial charge in [-0.15, -0.1) is 0 Å². The van der Waals surface area contributed by atoms with Gasteiger partial charge in [0.15, 0.2) is 11.5 Å². The minimum atomic E-state index is -4.01. The molecule has 0 saturated heterocycles. The molecule has 33 heavy (non-hydrogen) atoms. The summed E-state index contributed by atoms with van der Waals surface area (Å²) >= 11 is 0. The van der Waals surface area contributed by atoms with Gasteiger partial charge in [0.2, 0.25) is 0 Å². The molecule has 0 spiro atoms. The topological polar surface area (TPSA) is 111 Å². The number of rotatable bonds is 6. The van der Waals surface area contributed by atoms with Crippen LogP contribution in [0.5, 0.6) is 11.5 Å². The Hall–Kier alpha value is -3.24. The molecule has 10 heteroatoms. The average Bonchev–Trinajstić information content (AvgIpc) is 2.99. The fourth-order valence-corrected chi connectivity index (χ4v) is 5.53. The molecule has 1 aliphatic rings. The number of hydrogen-bond acceptors (Lipinski definition) is 6. The number of anilines is 2. The summed E-state index contributed by atoms with van der Waals surface area (Å²) in [6, 6.07) is 15.6. The molecule has 1 aliphatic heterocycles. The van der Waals surface area contributed by atoms with Crippen molar-refractivity contribution in [2.45, 2.75) is 30.1 Å². The van der Waals surface area contributed by atoms with Crippen LogP contribution in [0.3, 0.4) is 0 Å². The summed E-state index contributed by atoms with van der Waals surface area (Å²) in [5, 5.41) is 0. The summed E-state index contributed by atoms with van der Waals surface area (Å²) in [6.07, 6.45) is 0.700. The fourth-order valence-electron chi connectivity index (χ4n) is 3.32. The van der Waals surface area contributed by atoms with Gasteiger partial charge in [-0.3, -0.25) is 9.44 Å². The molecule has 0 amide bonds. The molecular weight excluding hydrogens is 464 g/mol. The van der Waals surface area contributed by atoms with E-state index in [0.717, 1.165) is 5.56 Å². The Morgan fingerprint density at radius 1 is 0.727 bits per heavy atom. The monoisotopic (exact) mass is 488 g/mol. The van der Waals surface area contributed by atoms with Gasteiger partial charge in [-0.1, -0.05) is 18.2 Å². The first-order chi connectivity index (χ1) is 15.6. The van der Waals surface area contributed by atoms with E-state index in [1.165, 1.54) is 24.3 Å². The molecule has 1 heterocycles. The van der Waals surface area contributed by atoms with Crippen molar-refractivity contribution < 1.29 is 26.3 Å². The van der Waals surface area contributed by atoms with E-state index in [4.69, 9.17) is 9.47 Å². The molecule has 8 nitrogen and oxygen atoms in total. The zero-order chi connectivity index (χ0) is 23.6. The molecule has 0 unspecified atom stereocenters. The average molecular weight is 489 g/mol. The van der Waals surface area contributed by atoms with Gasteiger partial charge in [0.05, 0.1) is 28.7 Å². The van der Waals surface area contributed by atoms with Crippen molar-refractivity contribution in [2.75, 3.05) is 22.7 Å². The van der Waals surface area contributed by atoms with Crippen LogP contribution in [0, 0.1) is 13.8 Å². The van der Waals surface area contributed by atoms with Crippen molar-refractivity contribution in [3.05, 3.63) is 71.8 Å². The number of nitrogens with one attached hydrogen (secondary N) is 2. The lowest BCUT2D eigenvalue weighted by atomic mass is 10.2. The third-order valence-electron chi connectivity index (χ3n) is 5.06. The van der Waals surface area contributed by atoms with E-state index in [0.29, 0.717) is 42.4 Å². The van der Waals surface area contributed by atoms with E-state index in [1.807, 2.05) is 13.0 Å². The number of aryl methyl sites for hydroxylation is 2. The van der Waals surface area contributed by atoms with E-state index in [-0.39, 0.29) is 15.5 Å². The second-order valence-corrected chi connectivity index (χ2v) is 11.1. The summed E-state index contributed by atoms with van der Waals surface area (Å²) < 4.78 is 68.0. The Kier molecular flexibility index (Phi) is 6.22. The van der Waals surface area contributed by atoms with Crippen LogP contribution in [-0.4, -0.2) is 30.0 Å². The number of ether oxygens (including phenoxy) is 2. The molecule has 3 aromatic carbocycles. The number of fused-ring (bicyclic) bond motifs is 1. The minimum absolute atomic E-state index is 0.0164. The Morgan fingerprint density at radius 2 is 1.39 bits per heavy atom. The number of benzene rings is 3. The summed E-state index contributed by atoms with van der Waals surface area (Å²) in [5.41, 5.74) is 2.06. The van der Waals surface area contributed by atoms with E-state index in [1.54, 1.807) is 37.3 Å². The maximum Gasteiger partial charge on any atom is 0.262 e. The first-order valence-corrected chi connectivity index (χ1v) is 13.2. The van der Waals surface area contributed by atoms with Crippen molar-refractivity contribution in [2.24, 2.45) is 0 Å². The van der Waals surface area contributed by atoms with Crippen LogP contribution in [-0.2, 0) is 20.0 Å². The fraction of sp³-hybridized carbons (Fsp3) is 0.217. The maximum atomic E-state index is 13.0. The normalized spacial score (nSPS) is 13.8. The van der Waals surface area contributed by atoms with Gasteiger partial charge in [0, 0.05) is 18.2 Å². The number of sulfonamides is 2. The Morgan fingerprint density at radius 3 is 2.15 bits per heavy atom. The quantitative estimate of drug-likeness (QED) is 0.541. The van der Waals surface area contributed by atoms with E-state index in [9.17, 15) is 16.8 Å². The van der Waals surface area contributed by atoms with Gasteiger partial charge in [-0.2, -0.15) is 0 Å². The van der Waals surface area contributed by atoms with Crippen LogP contribution >= 0.6 is 0 Å². The molecule has 0 fully saturated rings. The summed E-state index contributed by atoms with van der Waals surface area (Å²) in [5.74, 6) is 0.837. The van der Waals surface area contributed by atoms with Gasteiger partial charge < -0.3 is 9.47 Å². The predicted molar refractivity (Wildman–Crippen MR) is 126 cm³/mol. The third kappa shape index (κ3) is 5.23. The van der Waals surface area contributed by atoms with Crippen LogP contribution in [0.15, 0.2) is 70.5 Å². The smallest absolute Gasteiger partial charge is 0.262 e. The van der Waals surface area contributed by atoms with Crippen molar-refractivity contribution in [1.82, 2.24) is 0 Å². The van der Waals surface area contributed by atoms with Gasteiger partial charge in [-0.05, 0) is 61.4 Å². The van der Waals surface area contributed by atoms with Crippen molar-refractivity contribution in [3.8, 4) is 11.5 Å². The summed E-state index contributed by atoms with van der Waals surface area (Å²) in [4.78, 5) is -0.0803. The summed E-state index contributed by atoms with van der Waals surface area (Å²) in [6.45, 7) is 4.47. The van der Waals surface area contributed by atoms with E-state index >= 15 is 0 Å². The highest BCUT2D eigenvalue weighted by Crippen LogP contribution is 2.33. The molecule has 2 N–H and O–H groups in total. The summed E-state index contributed by atoms with van der Waals surface area (Å²) in [7, 11) is -7.94. The molecule has 174 valence electrons. The number of hydrogen-bond donors (Lipinski definition) is 2. The highest BCUT2D eigenvalue weighted by molar-refractivity contribution is 7.93. The van der Waals surface area contributed by atoms with Crippen LogP contribution in [0.1, 0.15) is 17.5 Å². The standard InChI is InChI=1S/C23H24N2O6S2/c1-16-5-3-6-18(13-16)24-32(26,27)19-8-7-17(2)21(14-19)25-33(28,29)20-9-10-22-23(15-20)31-12-4-11-30-22/h3,5-10,13-15,24-25H,4,11-12H2,1-2H3. The Balaban J connectivity index is 1.62. The molecule has 0 aromatic heterocycles. The zero-order valence-electron chi connectivity index (χ0n) is 18.2. The molecule has 0 atom stereocenters. The maximum absolute atomic E-state index is 13.0. The van der Waals surface area contributed by atoms with Crippen LogP contribution in [0.4, 0.5) is 11.4 Å². The largest absolute Gasteiger partial charge is 0.490 e. The van der Waals surface area contributed by atoms with Gasteiger partial charge in [0.25, 0.3) is 20.0 Å². The zero-order valence-corrected chi connectivity index (χ0v) is 19.8. The molecular formula is C23H24N2O6S2. The Labute approximate surface area is 193 Å². The Bertz CT molecular complexity index is 1400. The lowest BCUT2D eigenvalue weighted by Gasteiger charge is -2.15. The van der Waals surface area contributed by atoms with Gasteiger partial charge in [-0.25, -0.2) is 16.8 Å². The molecule has 0 radical (unpaired) electrons. The molecule has 0 aliphatic carbocycles. The first-order valence-electron chi connectivity index (χ1n) is 10.3. The van der Waals surface area contributed by atoms with Gasteiger partial charge >= 0.3 is 0 Å². The third-order valence-corrected chi connectivity index (χ3v) is 7.81. The molecule has 0 bridgehead atoms. The van der Waals surface area contributed by atoms with E-state index < -0.39 is 20.0 Å². The minimum Gasteiger partial charge on any atom is -0.490 e. The SMILES string of the molecule is Cc1cccc(NS(=O)(=O)c2ccc(C)c(NS(=O)(=O)c3ccc4c(c3)OCCCO4)c2)c1. The van der Waals surface area contributed by atoms with Crippen LogP contribution < -0.4 is 18.9 Å². The lowest BCUT2D eigenvalue weighted by molar-refractivity contribution is 0.297. The predicted octanol–water partition coefficient (Wildman–Crippen LogP) is 4.07. The van der Waals surface area contributed by atoms with Crippen molar-refractivity contribution in [3.63, 3.8) is 0 Å². The molecule has 3 aromatic rings. The second-order valence-electron chi connectivity index (χ2n) is 7.72. The second kappa shape index (κ2) is 8.95. The lowest BCUT2D eigenvalue weighted by Crippen LogP contribution is -2.16. The van der Waals surface area contributed by atoms with Crippen molar-refractivity contribution >= 4 is 31.4 Å². The van der Waals surface area contributed by atoms with Gasteiger partial charge in [0.1, 0.15) is 0 Å². The van der Waals surface area contributed by atoms with E-state index in [2.05, 4.69) is 9.44 Å². The van der Waals surface area contributed by atoms with Crippen molar-refractivity contribution in [1.29, 1.82) is 0 Å². The molecule has 0 saturated carbocycles. The van der Waals surface area contributed by atoms with Crippen LogP contribution in [0.25, 0.3) is 0 Å².